The van der Waals surface area contributed by atoms with Crippen LogP contribution in [0.4, 0.5) is 5.69 Å². The summed E-state index contributed by atoms with van der Waals surface area (Å²) in [5, 5.41) is 5.91. The maximum atomic E-state index is 11.8. The zero-order chi connectivity index (χ0) is 17.4. The SMILES string of the molecule is COc1ccc(OCCNC(=O)CNc2ccc(Br)c(C)c2)cc1. The first-order valence-electron chi connectivity index (χ1n) is 7.62. The summed E-state index contributed by atoms with van der Waals surface area (Å²) in [6, 6.07) is 13.2. The third-order valence-electron chi connectivity index (χ3n) is 3.36. The number of amides is 1. The van der Waals surface area contributed by atoms with E-state index in [0.717, 1.165) is 27.2 Å². The van der Waals surface area contributed by atoms with Crippen LogP contribution in [0.2, 0.25) is 0 Å². The van der Waals surface area contributed by atoms with E-state index in [4.69, 9.17) is 9.47 Å². The normalized spacial score (nSPS) is 10.1. The standard InChI is InChI=1S/C18H21BrN2O3/c1-13-11-14(3-8-17(13)19)21-12-18(22)20-9-10-24-16-6-4-15(23-2)5-7-16/h3-8,11,21H,9-10,12H2,1-2H3,(H,20,22). The molecule has 0 aliphatic carbocycles. The summed E-state index contributed by atoms with van der Waals surface area (Å²) in [4.78, 5) is 11.8. The minimum atomic E-state index is -0.0751. The second kappa shape index (κ2) is 9.17. The van der Waals surface area contributed by atoms with Crippen molar-refractivity contribution in [2.75, 3.05) is 32.1 Å². The third kappa shape index (κ3) is 5.77. The average Bonchev–Trinajstić information content (AvgIpc) is 2.60. The number of benzene rings is 2. The van der Waals surface area contributed by atoms with Crippen LogP contribution < -0.4 is 20.1 Å². The van der Waals surface area contributed by atoms with Crippen molar-refractivity contribution in [3.05, 3.63) is 52.5 Å². The molecule has 2 aromatic rings. The predicted molar refractivity (Wildman–Crippen MR) is 98.9 cm³/mol. The van der Waals surface area contributed by atoms with Gasteiger partial charge in [-0.2, -0.15) is 0 Å². The topological polar surface area (TPSA) is 59.6 Å². The molecule has 0 unspecified atom stereocenters. The third-order valence-corrected chi connectivity index (χ3v) is 4.25. The molecule has 0 bridgehead atoms. The number of rotatable bonds is 8. The second-order valence-electron chi connectivity index (χ2n) is 5.19. The summed E-state index contributed by atoms with van der Waals surface area (Å²) in [7, 11) is 1.62. The molecule has 24 heavy (non-hydrogen) atoms. The molecular weight excluding hydrogens is 372 g/mol. The highest BCUT2D eigenvalue weighted by Gasteiger charge is 2.02. The molecule has 0 aliphatic rings. The minimum absolute atomic E-state index is 0.0751. The van der Waals surface area contributed by atoms with Crippen molar-refractivity contribution in [1.82, 2.24) is 5.32 Å². The molecule has 128 valence electrons. The van der Waals surface area contributed by atoms with Crippen molar-refractivity contribution >= 4 is 27.5 Å². The van der Waals surface area contributed by atoms with Crippen LogP contribution in [0.5, 0.6) is 11.5 Å². The highest BCUT2D eigenvalue weighted by molar-refractivity contribution is 9.10. The van der Waals surface area contributed by atoms with E-state index in [1.807, 2.05) is 49.4 Å². The molecule has 0 heterocycles. The monoisotopic (exact) mass is 392 g/mol. The van der Waals surface area contributed by atoms with Gasteiger partial charge in [-0.15, -0.1) is 0 Å². The van der Waals surface area contributed by atoms with E-state index in [0.29, 0.717) is 13.2 Å². The molecule has 2 aromatic carbocycles. The number of aryl methyl sites for hydroxylation is 1. The smallest absolute Gasteiger partial charge is 0.239 e. The summed E-state index contributed by atoms with van der Waals surface area (Å²) < 4.78 is 11.7. The molecular formula is C18H21BrN2O3. The van der Waals surface area contributed by atoms with Crippen LogP contribution in [-0.2, 0) is 4.79 Å². The van der Waals surface area contributed by atoms with Crippen LogP contribution in [0, 0.1) is 6.92 Å². The Morgan fingerprint density at radius 1 is 1.12 bits per heavy atom. The van der Waals surface area contributed by atoms with Crippen LogP contribution in [0.25, 0.3) is 0 Å². The van der Waals surface area contributed by atoms with Gasteiger partial charge >= 0.3 is 0 Å². The van der Waals surface area contributed by atoms with Gasteiger partial charge in [0, 0.05) is 10.2 Å². The van der Waals surface area contributed by atoms with Crippen molar-refractivity contribution in [2.24, 2.45) is 0 Å². The Bertz CT molecular complexity index is 674. The predicted octanol–water partition coefficient (Wildman–Crippen LogP) is 3.37. The summed E-state index contributed by atoms with van der Waals surface area (Å²) in [5.74, 6) is 1.45. The molecule has 0 fully saturated rings. The van der Waals surface area contributed by atoms with Gasteiger partial charge in [0.15, 0.2) is 0 Å². The Morgan fingerprint density at radius 2 is 1.83 bits per heavy atom. The van der Waals surface area contributed by atoms with Crippen molar-refractivity contribution in [1.29, 1.82) is 0 Å². The van der Waals surface area contributed by atoms with Crippen LogP contribution in [0.3, 0.4) is 0 Å². The second-order valence-corrected chi connectivity index (χ2v) is 6.05. The molecule has 5 nitrogen and oxygen atoms in total. The number of ether oxygens (including phenoxy) is 2. The Morgan fingerprint density at radius 3 is 2.50 bits per heavy atom. The molecule has 6 heteroatoms. The van der Waals surface area contributed by atoms with Crippen molar-refractivity contribution in [3.8, 4) is 11.5 Å². The number of halogens is 1. The van der Waals surface area contributed by atoms with Crippen LogP contribution in [-0.4, -0.2) is 32.7 Å². The minimum Gasteiger partial charge on any atom is -0.497 e. The number of carbonyl (C=O) groups is 1. The van der Waals surface area contributed by atoms with E-state index < -0.39 is 0 Å². The lowest BCUT2D eigenvalue weighted by atomic mass is 10.2. The molecule has 0 atom stereocenters. The Kier molecular flexibility index (Phi) is 6.93. The summed E-state index contributed by atoms with van der Waals surface area (Å²) in [6.07, 6.45) is 0. The number of anilines is 1. The van der Waals surface area contributed by atoms with Crippen LogP contribution >= 0.6 is 15.9 Å². The summed E-state index contributed by atoms with van der Waals surface area (Å²) >= 11 is 3.45. The van der Waals surface area contributed by atoms with Gasteiger partial charge in [-0.1, -0.05) is 15.9 Å². The van der Waals surface area contributed by atoms with E-state index in [2.05, 4.69) is 26.6 Å². The fraction of sp³-hybridized carbons (Fsp3) is 0.278. The first kappa shape index (κ1) is 18.1. The molecule has 0 aliphatic heterocycles. The molecule has 0 saturated heterocycles. The van der Waals surface area contributed by atoms with Crippen molar-refractivity contribution < 1.29 is 14.3 Å². The van der Waals surface area contributed by atoms with Gasteiger partial charge in [0.25, 0.3) is 0 Å². The van der Waals surface area contributed by atoms with E-state index in [-0.39, 0.29) is 12.5 Å². The van der Waals surface area contributed by atoms with Crippen molar-refractivity contribution in [2.45, 2.75) is 6.92 Å². The average molecular weight is 393 g/mol. The zero-order valence-electron chi connectivity index (χ0n) is 13.8. The van der Waals surface area contributed by atoms with E-state index in [9.17, 15) is 4.79 Å². The van der Waals surface area contributed by atoms with Gasteiger partial charge in [0.1, 0.15) is 18.1 Å². The number of hydrogen-bond acceptors (Lipinski definition) is 4. The lowest BCUT2D eigenvalue weighted by Crippen LogP contribution is -2.33. The van der Waals surface area contributed by atoms with Gasteiger partial charge in [-0.3, -0.25) is 4.79 Å². The van der Waals surface area contributed by atoms with E-state index >= 15 is 0 Å². The van der Waals surface area contributed by atoms with Gasteiger partial charge in [-0.05, 0) is 55.0 Å². The van der Waals surface area contributed by atoms with Gasteiger partial charge in [-0.25, -0.2) is 0 Å². The molecule has 0 radical (unpaired) electrons. The Hall–Kier alpha value is -2.21. The number of nitrogens with one attached hydrogen (secondary N) is 2. The molecule has 2 N–H and O–H groups in total. The fourth-order valence-electron chi connectivity index (χ4n) is 2.03. The van der Waals surface area contributed by atoms with E-state index in [1.54, 1.807) is 7.11 Å². The number of hydrogen-bond donors (Lipinski definition) is 2. The Balaban J connectivity index is 1.64. The van der Waals surface area contributed by atoms with Crippen LogP contribution in [0.15, 0.2) is 46.9 Å². The van der Waals surface area contributed by atoms with Gasteiger partial charge in [0.05, 0.1) is 20.2 Å². The maximum Gasteiger partial charge on any atom is 0.239 e. The molecule has 1 amide bonds. The highest BCUT2D eigenvalue weighted by Crippen LogP contribution is 2.19. The first-order valence-corrected chi connectivity index (χ1v) is 8.41. The lowest BCUT2D eigenvalue weighted by Gasteiger charge is -2.10. The molecule has 0 saturated carbocycles. The summed E-state index contributed by atoms with van der Waals surface area (Å²) in [6.45, 7) is 3.09. The number of methoxy groups -OCH3 is 1. The zero-order valence-corrected chi connectivity index (χ0v) is 15.4. The quantitative estimate of drug-likeness (QED) is 0.676. The lowest BCUT2D eigenvalue weighted by molar-refractivity contribution is -0.119. The molecule has 2 rings (SSSR count). The fourth-order valence-corrected chi connectivity index (χ4v) is 2.28. The first-order chi connectivity index (χ1) is 11.6. The number of carbonyl (C=O) groups excluding carboxylic acids is 1. The van der Waals surface area contributed by atoms with Gasteiger partial charge < -0.3 is 20.1 Å². The molecule has 0 spiro atoms. The molecule has 0 aromatic heterocycles. The van der Waals surface area contributed by atoms with E-state index in [1.165, 1.54) is 0 Å². The van der Waals surface area contributed by atoms with Crippen molar-refractivity contribution in [3.63, 3.8) is 0 Å². The van der Waals surface area contributed by atoms with Crippen LogP contribution in [0.1, 0.15) is 5.56 Å². The highest BCUT2D eigenvalue weighted by atomic mass is 79.9. The maximum absolute atomic E-state index is 11.8. The Labute approximate surface area is 150 Å². The largest absolute Gasteiger partial charge is 0.497 e. The van der Waals surface area contributed by atoms with Gasteiger partial charge in [0.2, 0.25) is 5.91 Å². The summed E-state index contributed by atoms with van der Waals surface area (Å²) in [5.41, 5.74) is 2.04.